The molecule has 0 radical (unpaired) electrons. The molecule has 2 N–H and O–H groups in total. The zero-order valence-corrected chi connectivity index (χ0v) is 18.2. The van der Waals surface area contributed by atoms with Gasteiger partial charge in [0, 0.05) is 34.8 Å². The third kappa shape index (κ3) is 6.26. The van der Waals surface area contributed by atoms with Gasteiger partial charge in [-0.15, -0.1) is 11.8 Å². The van der Waals surface area contributed by atoms with Crippen LogP contribution in [0.25, 0.3) is 0 Å². The minimum Gasteiger partial charge on any atom is -0.494 e. The van der Waals surface area contributed by atoms with Gasteiger partial charge in [-0.25, -0.2) is 0 Å². The maximum absolute atomic E-state index is 12.5. The number of ether oxygens (including phenoxy) is 2. The van der Waals surface area contributed by atoms with Gasteiger partial charge in [0.2, 0.25) is 5.91 Å². The fraction of sp³-hybridized carbons (Fsp3) is 0.167. The average Bonchev–Trinajstić information content (AvgIpc) is 2.81. The predicted molar refractivity (Wildman–Crippen MR) is 124 cm³/mol. The van der Waals surface area contributed by atoms with Crippen LogP contribution in [-0.2, 0) is 4.79 Å². The number of hydrogen-bond donors (Lipinski definition) is 2. The van der Waals surface area contributed by atoms with Crippen LogP contribution >= 0.6 is 11.8 Å². The van der Waals surface area contributed by atoms with Gasteiger partial charge >= 0.3 is 0 Å². The highest BCUT2D eigenvalue weighted by Crippen LogP contribution is 2.36. The lowest BCUT2D eigenvalue weighted by molar-refractivity contribution is -0.115. The summed E-state index contributed by atoms with van der Waals surface area (Å²) in [5.74, 6) is 1.09. The molecule has 0 atom stereocenters. The van der Waals surface area contributed by atoms with Crippen molar-refractivity contribution in [2.75, 3.05) is 30.6 Å². The number of carbonyl (C=O) groups excluding carboxylic acids is 2. The molecule has 0 spiro atoms. The zero-order chi connectivity index (χ0) is 22.1. The molecule has 160 valence electrons. The second-order valence-electron chi connectivity index (χ2n) is 6.53. The third-order valence-electron chi connectivity index (χ3n) is 4.42. The second-order valence-corrected chi connectivity index (χ2v) is 7.70. The van der Waals surface area contributed by atoms with Crippen molar-refractivity contribution < 1.29 is 19.1 Å². The first-order valence-electron chi connectivity index (χ1n) is 9.71. The van der Waals surface area contributed by atoms with Gasteiger partial charge in [0.25, 0.3) is 5.91 Å². The molecule has 0 saturated carbocycles. The lowest BCUT2D eigenvalue weighted by Crippen LogP contribution is -2.15. The highest BCUT2D eigenvalue weighted by atomic mass is 32.2. The van der Waals surface area contributed by atoms with Gasteiger partial charge in [-0.2, -0.15) is 0 Å². The van der Waals surface area contributed by atoms with Crippen LogP contribution in [0.4, 0.5) is 11.4 Å². The van der Waals surface area contributed by atoms with Gasteiger partial charge in [0.05, 0.1) is 25.6 Å². The first-order valence-corrected chi connectivity index (χ1v) is 10.7. The number of anilines is 2. The molecule has 0 saturated heterocycles. The lowest BCUT2D eigenvalue weighted by Gasteiger charge is -2.16. The van der Waals surface area contributed by atoms with E-state index >= 15 is 0 Å². The molecule has 0 aromatic heterocycles. The van der Waals surface area contributed by atoms with Crippen LogP contribution in [0.1, 0.15) is 16.8 Å². The van der Waals surface area contributed by atoms with Gasteiger partial charge in [0.1, 0.15) is 11.5 Å². The largest absolute Gasteiger partial charge is 0.494 e. The summed E-state index contributed by atoms with van der Waals surface area (Å²) in [6.45, 7) is 0. The van der Waals surface area contributed by atoms with Crippen molar-refractivity contribution in [1.29, 1.82) is 0 Å². The number of hydrogen-bond acceptors (Lipinski definition) is 5. The van der Waals surface area contributed by atoms with E-state index in [0.29, 0.717) is 40.6 Å². The van der Waals surface area contributed by atoms with E-state index in [-0.39, 0.29) is 11.8 Å². The van der Waals surface area contributed by atoms with Crippen LogP contribution in [0.3, 0.4) is 0 Å². The van der Waals surface area contributed by atoms with Gasteiger partial charge in [0.15, 0.2) is 0 Å². The summed E-state index contributed by atoms with van der Waals surface area (Å²) in [6.07, 6.45) is 0.345. The monoisotopic (exact) mass is 436 g/mol. The molecule has 31 heavy (non-hydrogen) atoms. The Labute approximate surface area is 186 Å². The molecular weight excluding hydrogens is 412 g/mol. The summed E-state index contributed by atoms with van der Waals surface area (Å²) in [4.78, 5) is 26.0. The first kappa shape index (κ1) is 22.2. The van der Waals surface area contributed by atoms with E-state index in [1.807, 2.05) is 36.4 Å². The maximum atomic E-state index is 12.5. The fourth-order valence-corrected chi connectivity index (χ4v) is 3.74. The van der Waals surface area contributed by atoms with Crippen molar-refractivity contribution >= 4 is 35.0 Å². The Bertz CT molecular complexity index is 1030. The summed E-state index contributed by atoms with van der Waals surface area (Å²) in [6, 6.07) is 22.1. The molecule has 3 aromatic carbocycles. The van der Waals surface area contributed by atoms with Crippen LogP contribution < -0.4 is 20.1 Å². The van der Waals surface area contributed by atoms with Crippen molar-refractivity contribution in [2.45, 2.75) is 11.3 Å². The standard InChI is InChI=1S/C24H24N2O4S/c1-29-21-16-20(26-24(28)17-9-5-3-6-10-17)22(30-2)15-19(21)25-23(27)13-14-31-18-11-7-4-8-12-18/h3-12,15-16H,13-14H2,1-2H3,(H,25,27)(H,26,28). The van der Waals surface area contributed by atoms with E-state index in [1.165, 1.54) is 14.2 Å². The highest BCUT2D eigenvalue weighted by molar-refractivity contribution is 7.99. The van der Waals surface area contributed by atoms with Gasteiger partial charge in [-0.05, 0) is 24.3 Å². The molecule has 2 amide bonds. The van der Waals surface area contributed by atoms with Gasteiger partial charge < -0.3 is 20.1 Å². The molecule has 0 unspecified atom stereocenters. The Morgan fingerprint density at radius 1 is 0.806 bits per heavy atom. The van der Waals surface area contributed by atoms with Crippen LogP contribution in [0.15, 0.2) is 77.7 Å². The Morgan fingerprint density at radius 3 is 1.94 bits per heavy atom. The van der Waals surface area contributed by atoms with Crippen LogP contribution in [0, 0.1) is 0 Å². The smallest absolute Gasteiger partial charge is 0.255 e. The Hall–Kier alpha value is -3.45. The minimum atomic E-state index is -0.268. The maximum Gasteiger partial charge on any atom is 0.255 e. The molecule has 0 aliphatic carbocycles. The van der Waals surface area contributed by atoms with Crippen molar-refractivity contribution in [3.63, 3.8) is 0 Å². The molecular formula is C24H24N2O4S. The molecule has 0 heterocycles. The normalized spacial score (nSPS) is 10.3. The summed E-state index contributed by atoms with van der Waals surface area (Å²) in [5.41, 5.74) is 1.45. The molecule has 0 aliphatic heterocycles. The van der Waals surface area contributed by atoms with Crippen LogP contribution in [0.5, 0.6) is 11.5 Å². The lowest BCUT2D eigenvalue weighted by atomic mass is 10.2. The molecule has 3 rings (SSSR count). The molecule has 0 fully saturated rings. The quantitative estimate of drug-likeness (QED) is 0.458. The van der Waals surface area contributed by atoms with Crippen molar-refractivity contribution in [2.24, 2.45) is 0 Å². The molecule has 0 bridgehead atoms. The number of benzene rings is 3. The third-order valence-corrected chi connectivity index (χ3v) is 5.43. The predicted octanol–water partition coefficient (Wildman–Crippen LogP) is 5.08. The Morgan fingerprint density at radius 2 is 1.35 bits per heavy atom. The summed E-state index contributed by atoms with van der Waals surface area (Å²) in [7, 11) is 3.01. The van der Waals surface area contributed by atoms with E-state index in [2.05, 4.69) is 10.6 Å². The summed E-state index contributed by atoms with van der Waals surface area (Å²) in [5, 5.41) is 5.69. The molecule has 6 nitrogen and oxygen atoms in total. The van der Waals surface area contributed by atoms with Gasteiger partial charge in [-0.1, -0.05) is 36.4 Å². The van der Waals surface area contributed by atoms with Crippen LogP contribution in [0.2, 0.25) is 0 Å². The second kappa shape index (κ2) is 11.1. The molecule has 7 heteroatoms. The number of methoxy groups -OCH3 is 2. The SMILES string of the molecule is COc1cc(NC(=O)c2ccccc2)c(OC)cc1NC(=O)CCSc1ccccc1. The number of rotatable bonds is 9. The van der Waals surface area contributed by atoms with E-state index in [1.54, 1.807) is 48.2 Å². The van der Waals surface area contributed by atoms with Crippen molar-refractivity contribution in [3.05, 3.63) is 78.4 Å². The van der Waals surface area contributed by atoms with Crippen LogP contribution in [-0.4, -0.2) is 31.8 Å². The highest BCUT2D eigenvalue weighted by Gasteiger charge is 2.16. The molecule has 3 aromatic rings. The molecule has 0 aliphatic rings. The van der Waals surface area contributed by atoms with Crippen molar-refractivity contribution in [1.82, 2.24) is 0 Å². The number of thioether (sulfide) groups is 1. The average molecular weight is 437 g/mol. The Balaban J connectivity index is 1.67. The Kier molecular flexibility index (Phi) is 7.95. The summed E-state index contributed by atoms with van der Waals surface area (Å²) >= 11 is 1.62. The van der Waals surface area contributed by atoms with E-state index < -0.39 is 0 Å². The van der Waals surface area contributed by atoms with E-state index in [4.69, 9.17) is 9.47 Å². The summed E-state index contributed by atoms with van der Waals surface area (Å²) < 4.78 is 10.8. The number of amides is 2. The number of carbonyl (C=O) groups is 2. The fourth-order valence-electron chi connectivity index (χ4n) is 2.87. The van der Waals surface area contributed by atoms with Gasteiger partial charge in [-0.3, -0.25) is 9.59 Å². The zero-order valence-electron chi connectivity index (χ0n) is 17.4. The topological polar surface area (TPSA) is 76.7 Å². The first-order chi connectivity index (χ1) is 15.1. The minimum absolute atomic E-state index is 0.134. The van der Waals surface area contributed by atoms with E-state index in [9.17, 15) is 9.59 Å². The number of nitrogens with one attached hydrogen (secondary N) is 2. The van der Waals surface area contributed by atoms with E-state index in [0.717, 1.165) is 4.90 Å². The van der Waals surface area contributed by atoms with Crippen molar-refractivity contribution in [3.8, 4) is 11.5 Å².